The summed E-state index contributed by atoms with van der Waals surface area (Å²) >= 11 is 6.53. The Morgan fingerprint density at radius 3 is 2.55 bits per heavy atom. The molecule has 2 aromatic heterocycles. The third kappa shape index (κ3) is 5.63. The number of nitrogen functional groups attached to an aromatic ring is 1. The average Bonchev–Trinajstić information content (AvgIpc) is 3.30. The van der Waals surface area contributed by atoms with E-state index in [-0.39, 0.29) is 57.9 Å². The van der Waals surface area contributed by atoms with Crippen LogP contribution in [0, 0.1) is 12.7 Å². The lowest BCUT2D eigenvalue weighted by Crippen LogP contribution is -2.53. The van der Waals surface area contributed by atoms with Gasteiger partial charge in [-0.15, -0.1) is 0 Å². The second-order valence-corrected chi connectivity index (χ2v) is 11.4. The Morgan fingerprint density at radius 2 is 1.93 bits per heavy atom. The molecule has 0 radical (unpaired) electrons. The molecule has 2 N–H and O–H groups in total. The zero-order chi connectivity index (χ0) is 30.5. The summed E-state index contributed by atoms with van der Waals surface area (Å²) in [4.78, 5) is 30.6. The molecule has 0 aliphatic carbocycles. The number of anilines is 2. The molecule has 2 aliphatic rings. The lowest BCUT2D eigenvalue weighted by Gasteiger charge is -2.40. The van der Waals surface area contributed by atoms with Gasteiger partial charge in [0.15, 0.2) is 5.82 Å². The predicted octanol–water partition coefficient (Wildman–Crippen LogP) is 4.92. The number of ether oxygens (including phenoxy) is 1. The van der Waals surface area contributed by atoms with Gasteiger partial charge in [0.25, 0.3) is 0 Å². The first-order valence-corrected chi connectivity index (χ1v) is 14.0. The first kappa shape index (κ1) is 30.0. The summed E-state index contributed by atoms with van der Waals surface area (Å²) in [7, 11) is 1.98. The van der Waals surface area contributed by atoms with Gasteiger partial charge in [0.2, 0.25) is 5.91 Å². The number of carbonyl (C=O) groups is 1. The molecule has 9 nitrogen and oxygen atoms in total. The fourth-order valence-corrected chi connectivity index (χ4v) is 6.10. The predicted molar refractivity (Wildman–Crippen MR) is 152 cm³/mol. The number of nitrogens with zero attached hydrogens (tertiary/aromatic N) is 6. The molecule has 1 amide bonds. The fourth-order valence-electron chi connectivity index (χ4n) is 5.82. The molecule has 2 atom stereocenters. The minimum Gasteiger partial charge on any atom is -0.462 e. The zero-order valence-electron chi connectivity index (χ0n) is 23.7. The number of hydrogen-bond acceptors (Lipinski definition) is 8. The highest BCUT2D eigenvalue weighted by molar-refractivity contribution is 6.34. The van der Waals surface area contributed by atoms with Gasteiger partial charge >= 0.3 is 12.2 Å². The molecular formula is C28H32ClF4N7O2. The van der Waals surface area contributed by atoms with Crippen LogP contribution in [0.2, 0.25) is 5.02 Å². The second kappa shape index (κ2) is 11.3. The van der Waals surface area contributed by atoms with Crippen LogP contribution >= 0.6 is 11.6 Å². The van der Waals surface area contributed by atoms with E-state index in [2.05, 4.69) is 19.9 Å². The quantitative estimate of drug-likeness (QED) is 0.407. The van der Waals surface area contributed by atoms with Crippen molar-refractivity contribution in [3.05, 3.63) is 34.1 Å². The third-order valence-corrected chi connectivity index (χ3v) is 8.32. The SMILES string of the molecule is CC(=O)N1CCN(c2nc(OC[C@@H]3CCCN3C)nc3c(F)c(-c4nc(N)cc(C)c4C(F)(F)F)c(Cl)cc23)[C@@H](C)C1. The minimum absolute atomic E-state index is 0.0668. The molecule has 2 saturated heterocycles. The topological polar surface area (TPSA) is 101 Å². The number of piperazine rings is 1. The monoisotopic (exact) mass is 609 g/mol. The van der Waals surface area contributed by atoms with Crippen LogP contribution in [0.3, 0.4) is 0 Å². The lowest BCUT2D eigenvalue weighted by atomic mass is 9.99. The molecule has 0 spiro atoms. The highest BCUT2D eigenvalue weighted by Gasteiger charge is 2.39. The standard InChI is InChI=1S/C28H32ClF4N7O2/c1-14-10-20(34)35-25(22(14)28(31,32)33)21-19(29)11-18-24(23(21)30)36-27(42-13-17-6-5-7-38(17)4)37-26(18)40-9-8-39(16(3)41)12-15(40)2/h10-11,15,17H,5-9,12-13H2,1-4H3,(H2,34,35)/t15-,17-/m0/s1. The Kier molecular flexibility index (Phi) is 8.10. The molecular weight excluding hydrogens is 578 g/mol. The molecule has 0 unspecified atom stereocenters. The smallest absolute Gasteiger partial charge is 0.418 e. The molecule has 2 fully saturated rings. The number of carbonyl (C=O) groups excluding carboxylic acids is 1. The number of likely N-dealkylation sites (tertiary alicyclic amines) is 1. The average molecular weight is 610 g/mol. The van der Waals surface area contributed by atoms with E-state index in [0.717, 1.165) is 25.5 Å². The van der Waals surface area contributed by atoms with Crippen molar-refractivity contribution in [3.63, 3.8) is 0 Å². The normalized spacial score (nSPS) is 20.0. The Bertz CT molecular complexity index is 1540. The molecule has 0 saturated carbocycles. The largest absolute Gasteiger partial charge is 0.462 e. The molecule has 42 heavy (non-hydrogen) atoms. The highest BCUT2D eigenvalue weighted by Crippen LogP contribution is 2.44. The van der Waals surface area contributed by atoms with Gasteiger partial charge in [0.1, 0.15) is 23.8 Å². The van der Waals surface area contributed by atoms with Crippen LogP contribution in [0.15, 0.2) is 12.1 Å². The zero-order valence-corrected chi connectivity index (χ0v) is 24.5. The van der Waals surface area contributed by atoms with E-state index in [1.54, 1.807) is 4.90 Å². The Morgan fingerprint density at radius 1 is 1.19 bits per heavy atom. The molecule has 4 heterocycles. The molecule has 1 aromatic carbocycles. The van der Waals surface area contributed by atoms with Crippen molar-refractivity contribution in [2.75, 3.05) is 50.5 Å². The summed E-state index contributed by atoms with van der Waals surface area (Å²) in [5.41, 5.74) is 2.90. The van der Waals surface area contributed by atoms with E-state index < -0.39 is 28.8 Å². The number of rotatable bonds is 5. The summed E-state index contributed by atoms with van der Waals surface area (Å²) in [6, 6.07) is 2.21. The van der Waals surface area contributed by atoms with Gasteiger partial charge in [-0.2, -0.15) is 23.1 Å². The van der Waals surface area contributed by atoms with E-state index in [0.29, 0.717) is 25.5 Å². The van der Waals surface area contributed by atoms with Crippen molar-refractivity contribution in [2.45, 2.75) is 51.9 Å². The number of amides is 1. The molecule has 2 aliphatic heterocycles. The highest BCUT2D eigenvalue weighted by atomic mass is 35.5. The van der Waals surface area contributed by atoms with Crippen molar-refractivity contribution in [1.82, 2.24) is 24.8 Å². The number of likely N-dealkylation sites (N-methyl/N-ethyl adjacent to an activating group) is 1. The number of halogens is 5. The Hall–Kier alpha value is -3.45. The van der Waals surface area contributed by atoms with Crippen LogP contribution in [0.5, 0.6) is 6.01 Å². The lowest BCUT2D eigenvalue weighted by molar-refractivity contribution is -0.137. The van der Waals surface area contributed by atoms with E-state index >= 15 is 4.39 Å². The molecule has 0 bridgehead atoms. The summed E-state index contributed by atoms with van der Waals surface area (Å²) < 4.78 is 64.9. The van der Waals surface area contributed by atoms with Crippen molar-refractivity contribution >= 4 is 40.0 Å². The maximum Gasteiger partial charge on any atom is 0.418 e. The van der Waals surface area contributed by atoms with Crippen LogP contribution in [0.25, 0.3) is 22.2 Å². The minimum atomic E-state index is -4.85. The van der Waals surface area contributed by atoms with Crippen LogP contribution in [-0.2, 0) is 11.0 Å². The van der Waals surface area contributed by atoms with Gasteiger partial charge < -0.3 is 25.2 Å². The number of fused-ring (bicyclic) bond motifs is 1. The number of nitrogens with two attached hydrogens (primary N) is 1. The number of hydrogen-bond donors (Lipinski definition) is 1. The summed E-state index contributed by atoms with van der Waals surface area (Å²) in [5.74, 6) is -1.06. The molecule has 5 rings (SSSR count). The van der Waals surface area contributed by atoms with E-state index in [9.17, 15) is 18.0 Å². The first-order valence-electron chi connectivity index (χ1n) is 13.7. The number of aryl methyl sites for hydroxylation is 1. The molecule has 226 valence electrons. The summed E-state index contributed by atoms with van der Waals surface area (Å²) in [5, 5.41) is -0.104. The van der Waals surface area contributed by atoms with E-state index in [4.69, 9.17) is 22.1 Å². The van der Waals surface area contributed by atoms with Crippen molar-refractivity contribution < 1.29 is 27.1 Å². The second-order valence-electron chi connectivity index (χ2n) is 11.0. The summed E-state index contributed by atoms with van der Waals surface area (Å²) in [6.45, 7) is 6.98. The van der Waals surface area contributed by atoms with E-state index in [1.165, 1.54) is 19.9 Å². The number of pyridine rings is 1. The van der Waals surface area contributed by atoms with Gasteiger partial charge in [-0.05, 0) is 58.0 Å². The van der Waals surface area contributed by atoms with Crippen LogP contribution in [0.1, 0.15) is 37.8 Å². The van der Waals surface area contributed by atoms with E-state index in [1.807, 2.05) is 18.9 Å². The van der Waals surface area contributed by atoms with Gasteiger partial charge in [-0.1, -0.05) is 11.6 Å². The van der Waals surface area contributed by atoms with Crippen molar-refractivity contribution in [3.8, 4) is 17.3 Å². The Labute approximate surface area is 245 Å². The number of benzene rings is 1. The maximum atomic E-state index is 16.5. The maximum absolute atomic E-state index is 16.5. The molecule has 3 aromatic rings. The first-order chi connectivity index (χ1) is 19.8. The Balaban J connectivity index is 1.69. The summed E-state index contributed by atoms with van der Waals surface area (Å²) in [6.07, 6.45) is -2.93. The van der Waals surface area contributed by atoms with Crippen molar-refractivity contribution in [1.29, 1.82) is 0 Å². The fraction of sp³-hybridized carbons (Fsp3) is 0.500. The van der Waals surface area contributed by atoms with Crippen LogP contribution in [0.4, 0.5) is 29.2 Å². The van der Waals surface area contributed by atoms with Crippen LogP contribution in [-0.4, -0.2) is 82.6 Å². The number of alkyl halides is 3. The van der Waals surface area contributed by atoms with Crippen LogP contribution < -0.4 is 15.4 Å². The third-order valence-electron chi connectivity index (χ3n) is 8.02. The van der Waals surface area contributed by atoms with Gasteiger partial charge in [0, 0.05) is 44.0 Å². The molecule has 14 heteroatoms. The van der Waals surface area contributed by atoms with Gasteiger partial charge in [-0.25, -0.2) is 9.37 Å². The van der Waals surface area contributed by atoms with Crippen molar-refractivity contribution in [2.24, 2.45) is 0 Å². The number of aromatic nitrogens is 3. The van der Waals surface area contributed by atoms with Gasteiger partial charge in [0.05, 0.1) is 21.8 Å². The van der Waals surface area contributed by atoms with Gasteiger partial charge in [-0.3, -0.25) is 4.79 Å².